The number of hydrogen-bond acceptors (Lipinski definition) is 4. The van der Waals surface area contributed by atoms with Gasteiger partial charge < -0.3 is 15.5 Å². The molecular formula is C11H20N2O2. The first-order valence-corrected chi connectivity index (χ1v) is 5.69. The number of aliphatic hydroxyl groups is 2. The first kappa shape index (κ1) is 12.4. The summed E-state index contributed by atoms with van der Waals surface area (Å²) in [6, 6.07) is 2.16. The third kappa shape index (κ3) is 3.78. The van der Waals surface area contributed by atoms with Gasteiger partial charge in [0.1, 0.15) is 0 Å². The summed E-state index contributed by atoms with van der Waals surface area (Å²) < 4.78 is 0. The van der Waals surface area contributed by atoms with Gasteiger partial charge in [-0.05, 0) is 12.8 Å². The molecule has 0 saturated heterocycles. The number of nitrogens with zero attached hydrogens (tertiary/aromatic N) is 1. The van der Waals surface area contributed by atoms with Gasteiger partial charge in [0.2, 0.25) is 0 Å². The van der Waals surface area contributed by atoms with E-state index in [9.17, 15) is 0 Å². The van der Waals surface area contributed by atoms with Crippen molar-refractivity contribution in [2.75, 3.05) is 13.2 Å². The molecule has 0 amide bonds. The highest BCUT2D eigenvalue weighted by Crippen LogP contribution is 2.23. The van der Waals surface area contributed by atoms with Crippen molar-refractivity contribution < 1.29 is 10.2 Å². The fourth-order valence-electron chi connectivity index (χ4n) is 2.13. The SMILES string of the molecule is N#CC1CCCCCC1NC(CO)CO. The topological polar surface area (TPSA) is 76.3 Å². The summed E-state index contributed by atoms with van der Waals surface area (Å²) in [7, 11) is 0. The summed E-state index contributed by atoms with van der Waals surface area (Å²) in [6.07, 6.45) is 5.31. The molecular weight excluding hydrogens is 192 g/mol. The molecule has 0 aromatic carbocycles. The maximum absolute atomic E-state index is 9.03. The Morgan fingerprint density at radius 3 is 2.47 bits per heavy atom. The van der Waals surface area contributed by atoms with E-state index in [1.165, 1.54) is 6.42 Å². The van der Waals surface area contributed by atoms with Gasteiger partial charge in [0.15, 0.2) is 0 Å². The normalized spacial score (nSPS) is 27.3. The third-order valence-electron chi connectivity index (χ3n) is 3.07. The molecule has 0 radical (unpaired) electrons. The van der Waals surface area contributed by atoms with Crippen molar-refractivity contribution >= 4 is 0 Å². The molecule has 0 aromatic heterocycles. The highest BCUT2D eigenvalue weighted by Gasteiger charge is 2.25. The van der Waals surface area contributed by atoms with E-state index in [-0.39, 0.29) is 31.2 Å². The fraction of sp³-hybridized carbons (Fsp3) is 0.909. The second-order valence-electron chi connectivity index (χ2n) is 4.21. The highest BCUT2D eigenvalue weighted by atomic mass is 16.3. The van der Waals surface area contributed by atoms with E-state index >= 15 is 0 Å². The smallest absolute Gasteiger partial charge is 0.0672 e. The lowest BCUT2D eigenvalue weighted by Crippen LogP contribution is -2.45. The van der Waals surface area contributed by atoms with Gasteiger partial charge in [-0.1, -0.05) is 19.3 Å². The number of nitrogens with one attached hydrogen (secondary N) is 1. The molecule has 0 bridgehead atoms. The van der Waals surface area contributed by atoms with Gasteiger partial charge in [-0.3, -0.25) is 0 Å². The van der Waals surface area contributed by atoms with E-state index in [0.717, 1.165) is 25.7 Å². The Hall–Kier alpha value is -0.630. The molecule has 0 heterocycles. The summed E-state index contributed by atoms with van der Waals surface area (Å²) in [6.45, 7) is -0.156. The highest BCUT2D eigenvalue weighted by molar-refractivity contribution is 4.94. The average molecular weight is 212 g/mol. The van der Waals surface area contributed by atoms with Crippen LogP contribution < -0.4 is 5.32 Å². The molecule has 1 aliphatic rings. The Labute approximate surface area is 90.9 Å². The Morgan fingerprint density at radius 1 is 1.20 bits per heavy atom. The first-order valence-electron chi connectivity index (χ1n) is 5.69. The van der Waals surface area contributed by atoms with Gasteiger partial charge in [-0.25, -0.2) is 0 Å². The molecule has 2 unspecified atom stereocenters. The second-order valence-corrected chi connectivity index (χ2v) is 4.21. The van der Waals surface area contributed by atoms with Gasteiger partial charge in [0.25, 0.3) is 0 Å². The van der Waals surface area contributed by atoms with Crippen LogP contribution in [0.5, 0.6) is 0 Å². The maximum atomic E-state index is 9.03. The minimum absolute atomic E-state index is 0.0214. The van der Waals surface area contributed by atoms with Crippen LogP contribution in [0.15, 0.2) is 0 Å². The zero-order chi connectivity index (χ0) is 11.1. The molecule has 4 nitrogen and oxygen atoms in total. The van der Waals surface area contributed by atoms with Crippen LogP contribution in [0.4, 0.5) is 0 Å². The number of aliphatic hydroxyl groups excluding tert-OH is 2. The first-order chi connectivity index (χ1) is 7.31. The van der Waals surface area contributed by atoms with Crippen LogP contribution in [0, 0.1) is 17.2 Å². The summed E-state index contributed by atoms with van der Waals surface area (Å²) >= 11 is 0. The van der Waals surface area contributed by atoms with Crippen LogP contribution in [0.25, 0.3) is 0 Å². The van der Waals surface area contributed by atoms with Crippen molar-refractivity contribution in [2.24, 2.45) is 5.92 Å². The van der Waals surface area contributed by atoms with E-state index in [1.54, 1.807) is 0 Å². The number of hydrogen-bond donors (Lipinski definition) is 3. The molecule has 15 heavy (non-hydrogen) atoms. The van der Waals surface area contributed by atoms with Crippen molar-refractivity contribution in [2.45, 2.75) is 44.2 Å². The second kappa shape index (κ2) is 6.78. The van der Waals surface area contributed by atoms with Gasteiger partial charge in [-0.2, -0.15) is 5.26 Å². The van der Waals surface area contributed by atoms with Crippen LogP contribution in [0.3, 0.4) is 0 Å². The van der Waals surface area contributed by atoms with Gasteiger partial charge >= 0.3 is 0 Å². The Balaban J connectivity index is 2.51. The lowest BCUT2D eigenvalue weighted by atomic mass is 9.95. The van der Waals surface area contributed by atoms with Gasteiger partial charge in [0, 0.05) is 6.04 Å². The molecule has 1 fully saturated rings. The summed E-state index contributed by atoms with van der Waals surface area (Å²) in [5.41, 5.74) is 0. The molecule has 2 atom stereocenters. The van der Waals surface area contributed by atoms with Crippen molar-refractivity contribution in [3.8, 4) is 6.07 Å². The Morgan fingerprint density at radius 2 is 1.87 bits per heavy atom. The van der Waals surface area contributed by atoms with Crippen LogP contribution >= 0.6 is 0 Å². The largest absolute Gasteiger partial charge is 0.395 e. The van der Waals surface area contributed by atoms with E-state index in [4.69, 9.17) is 15.5 Å². The van der Waals surface area contributed by atoms with Crippen molar-refractivity contribution in [1.29, 1.82) is 5.26 Å². The summed E-state index contributed by atoms with van der Waals surface area (Å²) in [4.78, 5) is 0. The van der Waals surface area contributed by atoms with E-state index in [2.05, 4.69) is 11.4 Å². The molecule has 1 saturated carbocycles. The molecule has 0 aliphatic heterocycles. The van der Waals surface area contributed by atoms with Gasteiger partial charge in [-0.15, -0.1) is 0 Å². The number of nitriles is 1. The van der Waals surface area contributed by atoms with E-state index < -0.39 is 0 Å². The summed E-state index contributed by atoms with van der Waals surface area (Å²) in [5.74, 6) is 0.0214. The van der Waals surface area contributed by atoms with Gasteiger partial charge in [0.05, 0.1) is 31.2 Å². The lowest BCUT2D eigenvalue weighted by Gasteiger charge is -2.25. The predicted octanol–water partition coefficient (Wildman–Crippen LogP) is 0.402. The number of rotatable bonds is 4. The quantitative estimate of drug-likeness (QED) is 0.590. The monoisotopic (exact) mass is 212 g/mol. The molecule has 0 spiro atoms. The average Bonchev–Trinajstić information content (AvgIpc) is 2.50. The zero-order valence-corrected chi connectivity index (χ0v) is 9.02. The predicted molar refractivity (Wildman–Crippen MR) is 57.1 cm³/mol. The van der Waals surface area contributed by atoms with E-state index in [1.807, 2.05) is 0 Å². The Kier molecular flexibility index (Phi) is 5.62. The minimum atomic E-state index is -0.288. The summed E-state index contributed by atoms with van der Waals surface area (Å²) in [5, 5.41) is 30.2. The van der Waals surface area contributed by atoms with Crippen LogP contribution in [-0.4, -0.2) is 35.5 Å². The van der Waals surface area contributed by atoms with Crippen molar-refractivity contribution in [3.05, 3.63) is 0 Å². The molecule has 86 valence electrons. The molecule has 1 rings (SSSR count). The molecule has 3 N–H and O–H groups in total. The van der Waals surface area contributed by atoms with Crippen LogP contribution in [-0.2, 0) is 0 Å². The van der Waals surface area contributed by atoms with Crippen molar-refractivity contribution in [1.82, 2.24) is 5.32 Å². The maximum Gasteiger partial charge on any atom is 0.0672 e. The standard InChI is InChI=1S/C11H20N2O2/c12-6-9-4-2-1-3-5-11(9)13-10(7-14)8-15/h9-11,13-15H,1-5,7-8H2. The molecule has 1 aliphatic carbocycles. The molecule has 4 heteroatoms. The fourth-order valence-corrected chi connectivity index (χ4v) is 2.13. The Bertz CT molecular complexity index is 211. The van der Waals surface area contributed by atoms with Crippen molar-refractivity contribution in [3.63, 3.8) is 0 Å². The molecule has 0 aromatic rings. The zero-order valence-electron chi connectivity index (χ0n) is 9.02. The van der Waals surface area contributed by atoms with Crippen LogP contribution in [0.1, 0.15) is 32.1 Å². The lowest BCUT2D eigenvalue weighted by molar-refractivity contribution is 0.154. The van der Waals surface area contributed by atoms with Crippen LogP contribution in [0.2, 0.25) is 0 Å². The third-order valence-corrected chi connectivity index (χ3v) is 3.07. The van der Waals surface area contributed by atoms with E-state index in [0.29, 0.717) is 0 Å². The minimum Gasteiger partial charge on any atom is -0.395 e.